The average Bonchev–Trinajstić information content (AvgIpc) is 2.15. The second-order valence-corrected chi connectivity index (χ2v) is 5.27. The zero-order valence-corrected chi connectivity index (χ0v) is 10.2. The Morgan fingerprint density at radius 3 is 2.56 bits per heavy atom. The topological polar surface area (TPSA) is 62.1 Å². The van der Waals surface area contributed by atoms with E-state index >= 15 is 0 Å². The molecule has 4 heteroatoms. The molecular formula is C12H20N2O2. The van der Waals surface area contributed by atoms with Gasteiger partial charge in [0.25, 0.3) is 0 Å². The number of amides is 1. The third-order valence-electron chi connectivity index (χ3n) is 2.63. The van der Waals surface area contributed by atoms with Crippen molar-refractivity contribution < 1.29 is 9.53 Å². The Morgan fingerprint density at radius 1 is 1.38 bits per heavy atom. The molecule has 2 atom stereocenters. The Bertz CT molecular complexity index is 288. The Balaban J connectivity index is 2.46. The SMILES string of the molecule is CC(C)(C)OC(=O)N[C@H]1CCCC[C@H]1C#N. The molecule has 1 amide bonds. The van der Waals surface area contributed by atoms with Crippen LogP contribution in [0.4, 0.5) is 4.79 Å². The number of hydrogen-bond donors (Lipinski definition) is 1. The first-order valence-corrected chi connectivity index (χ1v) is 5.81. The fourth-order valence-corrected chi connectivity index (χ4v) is 1.92. The molecule has 1 rings (SSSR count). The second-order valence-electron chi connectivity index (χ2n) is 5.27. The minimum Gasteiger partial charge on any atom is -0.444 e. The lowest BCUT2D eigenvalue weighted by Gasteiger charge is -2.29. The van der Waals surface area contributed by atoms with Gasteiger partial charge in [0.1, 0.15) is 5.60 Å². The molecule has 0 aromatic rings. The van der Waals surface area contributed by atoms with Crippen LogP contribution in [0, 0.1) is 17.2 Å². The number of nitrogens with zero attached hydrogens (tertiary/aromatic N) is 1. The first-order chi connectivity index (χ1) is 7.42. The van der Waals surface area contributed by atoms with Crippen molar-refractivity contribution in [1.29, 1.82) is 5.26 Å². The highest BCUT2D eigenvalue weighted by Crippen LogP contribution is 2.24. The predicted octanol–water partition coefficient (Wildman–Crippen LogP) is 2.59. The van der Waals surface area contributed by atoms with Crippen LogP contribution in [0.5, 0.6) is 0 Å². The van der Waals surface area contributed by atoms with E-state index in [-0.39, 0.29) is 12.0 Å². The van der Waals surface area contributed by atoms with Crippen LogP contribution in [0.25, 0.3) is 0 Å². The summed E-state index contributed by atoms with van der Waals surface area (Å²) in [5, 5.41) is 11.8. The number of alkyl carbamates (subject to hydrolysis) is 1. The van der Waals surface area contributed by atoms with Gasteiger partial charge < -0.3 is 10.1 Å². The van der Waals surface area contributed by atoms with Gasteiger partial charge in [0, 0.05) is 6.04 Å². The molecule has 0 bridgehead atoms. The summed E-state index contributed by atoms with van der Waals surface area (Å²) in [7, 11) is 0. The maximum atomic E-state index is 11.5. The number of rotatable bonds is 1. The molecular weight excluding hydrogens is 204 g/mol. The molecule has 0 spiro atoms. The fraction of sp³-hybridized carbons (Fsp3) is 0.833. The summed E-state index contributed by atoms with van der Waals surface area (Å²) in [5.41, 5.74) is -0.485. The van der Waals surface area contributed by atoms with Gasteiger partial charge in [0.2, 0.25) is 0 Å². The first kappa shape index (κ1) is 12.8. The summed E-state index contributed by atoms with van der Waals surface area (Å²) in [6.45, 7) is 5.49. The van der Waals surface area contributed by atoms with Crippen LogP contribution in [-0.4, -0.2) is 17.7 Å². The largest absolute Gasteiger partial charge is 0.444 e. The summed E-state index contributed by atoms with van der Waals surface area (Å²) < 4.78 is 5.17. The number of nitriles is 1. The maximum absolute atomic E-state index is 11.5. The van der Waals surface area contributed by atoms with Crippen LogP contribution in [0.15, 0.2) is 0 Å². The van der Waals surface area contributed by atoms with E-state index in [9.17, 15) is 4.79 Å². The molecule has 1 saturated carbocycles. The van der Waals surface area contributed by atoms with E-state index in [0.29, 0.717) is 0 Å². The monoisotopic (exact) mass is 224 g/mol. The lowest BCUT2D eigenvalue weighted by atomic mass is 9.86. The van der Waals surface area contributed by atoms with E-state index in [1.54, 1.807) is 0 Å². The summed E-state index contributed by atoms with van der Waals surface area (Å²) in [6, 6.07) is 2.20. The number of hydrogen-bond acceptors (Lipinski definition) is 3. The highest BCUT2D eigenvalue weighted by atomic mass is 16.6. The van der Waals surface area contributed by atoms with Gasteiger partial charge in [-0.1, -0.05) is 12.8 Å². The van der Waals surface area contributed by atoms with Gasteiger partial charge in [-0.25, -0.2) is 4.79 Å². The molecule has 16 heavy (non-hydrogen) atoms. The fourth-order valence-electron chi connectivity index (χ4n) is 1.92. The molecule has 0 unspecified atom stereocenters. The molecule has 0 aromatic heterocycles. The van der Waals surface area contributed by atoms with Crippen molar-refractivity contribution in [2.24, 2.45) is 5.92 Å². The van der Waals surface area contributed by atoms with Crippen LogP contribution in [0.1, 0.15) is 46.5 Å². The van der Waals surface area contributed by atoms with Gasteiger partial charge >= 0.3 is 6.09 Å². The van der Waals surface area contributed by atoms with Crippen LogP contribution >= 0.6 is 0 Å². The van der Waals surface area contributed by atoms with Gasteiger partial charge in [-0.2, -0.15) is 5.26 Å². The van der Waals surface area contributed by atoms with Crippen molar-refractivity contribution >= 4 is 6.09 Å². The minimum absolute atomic E-state index is 0.0476. The standard InChI is InChI=1S/C12H20N2O2/c1-12(2,3)16-11(15)14-10-7-5-4-6-9(10)8-13/h9-10H,4-7H2,1-3H3,(H,14,15)/t9-,10-/m0/s1. The number of ether oxygens (including phenoxy) is 1. The minimum atomic E-state index is -0.485. The van der Waals surface area contributed by atoms with Crippen molar-refractivity contribution in [3.8, 4) is 6.07 Å². The lowest BCUT2D eigenvalue weighted by molar-refractivity contribution is 0.0481. The van der Waals surface area contributed by atoms with Crippen molar-refractivity contribution in [3.05, 3.63) is 0 Å². The predicted molar refractivity (Wildman–Crippen MR) is 60.7 cm³/mol. The van der Waals surface area contributed by atoms with E-state index in [4.69, 9.17) is 10.00 Å². The Hall–Kier alpha value is -1.24. The van der Waals surface area contributed by atoms with Crippen molar-refractivity contribution in [3.63, 3.8) is 0 Å². The molecule has 0 aliphatic heterocycles. The number of carbonyl (C=O) groups excluding carboxylic acids is 1. The van der Waals surface area contributed by atoms with Crippen LogP contribution in [-0.2, 0) is 4.74 Å². The van der Waals surface area contributed by atoms with E-state index in [1.165, 1.54) is 0 Å². The summed E-state index contributed by atoms with van der Waals surface area (Å²) in [6.07, 6.45) is 3.47. The smallest absolute Gasteiger partial charge is 0.407 e. The molecule has 0 heterocycles. The second kappa shape index (κ2) is 5.20. The average molecular weight is 224 g/mol. The van der Waals surface area contributed by atoms with Gasteiger partial charge in [0.15, 0.2) is 0 Å². The zero-order chi connectivity index (χ0) is 12.2. The third-order valence-corrected chi connectivity index (χ3v) is 2.63. The highest BCUT2D eigenvalue weighted by Gasteiger charge is 2.28. The first-order valence-electron chi connectivity index (χ1n) is 5.81. The molecule has 1 aliphatic rings. The summed E-state index contributed by atoms with van der Waals surface area (Å²) in [5.74, 6) is -0.0683. The Morgan fingerprint density at radius 2 is 2.00 bits per heavy atom. The summed E-state index contributed by atoms with van der Waals surface area (Å²) in [4.78, 5) is 11.5. The van der Waals surface area contributed by atoms with Crippen LogP contribution in [0.2, 0.25) is 0 Å². The van der Waals surface area contributed by atoms with Crippen LogP contribution in [0.3, 0.4) is 0 Å². The molecule has 1 fully saturated rings. The number of carbonyl (C=O) groups is 1. The van der Waals surface area contributed by atoms with Gasteiger partial charge in [-0.15, -0.1) is 0 Å². The zero-order valence-electron chi connectivity index (χ0n) is 10.2. The molecule has 1 aliphatic carbocycles. The van der Waals surface area contributed by atoms with E-state index in [1.807, 2.05) is 20.8 Å². The quantitative estimate of drug-likeness (QED) is 0.744. The molecule has 90 valence electrons. The third kappa shape index (κ3) is 4.09. The number of nitrogens with one attached hydrogen (secondary N) is 1. The molecule has 1 N–H and O–H groups in total. The van der Waals surface area contributed by atoms with Crippen molar-refractivity contribution in [2.45, 2.75) is 58.1 Å². The molecule has 4 nitrogen and oxygen atoms in total. The summed E-state index contributed by atoms with van der Waals surface area (Å²) >= 11 is 0. The Kier molecular flexibility index (Phi) is 4.17. The van der Waals surface area contributed by atoms with E-state index in [0.717, 1.165) is 25.7 Å². The maximum Gasteiger partial charge on any atom is 0.407 e. The van der Waals surface area contributed by atoms with E-state index < -0.39 is 11.7 Å². The lowest BCUT2D eigenvalue weighted by Crippen LogP contribution is -2.44. The van der Waals surface area contributed by atoms with Gasteiger partial charge in [0.05, 0.1) is 12.0 Å². The van der Waals surface area contributed by atoms with Crippen LogP contribution < -0.4 is 5.32 Å². The normalized spacial score (nSPS) is 25.6. The Labute approximate surface area is 97.0 Å². The van der Waals surface area contributed by atoms with Gasteiger partial charge in [-0.05, 0) is 33.6 Å². The highest BCUT2D eigenvalue weighted by molar-refractivity contribution is 5.68. The molecule has 0 aromatic carbocycles. The van der Waals surface area contributed by atoms with E-state index in [2.05, 4.69) is 11.4 Å². The molecule has 0 saturated heterocycles. The van der Waals surface area contributed by atoms with Crippen molar-refractivity contribution in [2.75, 3.05) is 0 Å². The van der Waals surface area contributed by atoms with Crippen molar-refractivity contribution in [1.82, 2.24) is 5.32 Å². The van der Waals surface area contributed by atoms with Gasteiger partial charge in [-0.3, -0.25) is 0 Å². The molecule has 0 radical (unpaired) electrons.